The number of aromatic nitrogens is 2. The summed E-state index contributed by atoms with van der Waals surface area (Å²) in [5, 5.41) is 2.11. The molecule has 0 unspecified atom stereocenters. The molecule has 2 nitrogen and oxygen atoms in total. The number of hydrogen-bond acceptors (Lipinski definition) is 2. The second-order valence-electron chi connectivity index (χ2n) is 11.5. The maximum atomic E-state index is 4.89. The van der Waals surface area contributed by atoms with Crippen LogP contribution in [0, 0.1) is 0 Å². The van der Waals surface area contributed by atoms with Crippen molar-refractivity contribution in [1.29, 1.82) is 0 Å². The lowest BCUT2D eigenvalue weighted by molar-refractivity contribution is 0.590. The summed E-state index contributed by atoms with van der Waals surface area (Å²) < 4.78 is 2.08. The summed E-state index contributed by atoms with van der Waals surface area (Å²) in [7, 11) is 0. The van der Waals surface area contributed by atoms with E-state index in [2.05, 4.69) is 134 Å². The molecule has 5 aromatic rings. The van der Waals surface area contributed by atoms with E-state index in [9.17, 15) is 0 Å². The molecule has 0 N–H and O–H groups in total. The van der Waals surface area contributed by atoms with Crippen LogP contribution in [0.4, 0.5) is 0 Å². The van der Waals surface area contributed by atoms with Gasteiger partial charge in [0, 0.05) is 43.2 Å². The number of benzene rings is 3. The first kappa shape index (κ1) is 25.1. The first-order valence-corrected chi connectivity index (χ1v) is 13.8. The van der Waals surface area contributed by atoms with Crippen LogP contribution in [0.1, 0.15) is 52.7 Å². The molecule has 0 aliphatic carbocycles. The van der Waals surface area contributed by atoms with Gasteiger partial charge in [-0.1, -0.05) is 102 Å². The second-order valence-corrected chi connectivity index (χ2v) is 13.1. The predicted octanol–water partition coefficient (Wildman–Crippen LogP) is 10.2. The summed E-state index contributed by atoms with van der Waals surface area (Å²) in [6.45, 7) is 13.4. The maximum Gasteiger partial charge on any atom is 0.0976 e. The van der Waals surface area contributed by atoms with Crippen LogP contribution in [0.15, 0.2) is 82.0 Å². The fourth-order valence-electron chi connectivity index (χ4n) is 4.56. The zero-order chi connectivity index (χ0) is 25.8. The van der Waals surface area contributed by atoms with Gasteiger partial charge in [0.25, 0.3) is 0 Å². The summed E-state index contributed by atoms with van der Waals surface area (Å²) in [4.78, 5) is 9.77. The van der Waals surface area contributed by atoms with Crippen molar-refractivity contribution in [3.05, 3.63) is 93.1 Å². The number of nitrogens with zero attached hydrogens (tertiary/aromatic N) is 2. The number of fused-ring (bicyclic) bond motifs is 3. The molecule has 0 aliphatic heterocycles. The highest BCUT2D eigenvalue weighted by molar-refractivity contribution is 9.11. The number of hydrogen-bond donors (Lipinski definition) is 0. The third-order valence-electron chi connectivity index (χ3n) is 6.87. The summed E-state index contributed by atoms with van der Waals surface area (Å²) in [5.74, 6) is 0. The van der Waals surface area contributed by atoms with Gasteiger partial charge in [-0.25, -0.2) is 0 Å². The van der Waals surface area contributed by atoms with Crippen molar-refractivity contribution >= 4 is 53.7 Å². The monoisotopic (exact) mass is 600 g/mol. The Morgan fingerprint density at radius 2 is 0.833 bits per heavy atom. The molecule has 0 fully saturated rings. The van der Waals surface area contributed by atoms with Crippen molar-refractivity contribution in [3.63, 3.8) is 0 Å². The van der Waals surface area contributed by atoms with Crippen LogP contribution in [0.25, 0.3) is 44.1 Å². The minimum atomic E-state index is 0.128. The Morgan fingerprint density at radius 3 is 1.14 bits per heavy atom. The maximum absolute atomic E-state index is 4.89. The van der Waals surface area contributed by atoms with Gasteiger partial charge in [-0.15, -0.1) is 0 Å². The highest BCUT2D eigenvalue weighted by Gasteiger charge is 2.18. The molecule has 0 atom stereocenters. The topological polar surface area (TPSA) is 25.8 Å². The van der Waals surface area contributed by atoms with Gasteiger partial charge in [0.1, 0.15) is 0 Å². The largest absolute Gasteiger partial charge is 0.253 e. The first-order chi connectivity index (χ1) is 16.9. The zero-order valence-corrected chi connectivity index (χ0v) is 24.8. The van der Waals surface area contributed by atoms with E-state index in [4.69, 9.17) is 9.97 Å². The molecular weight excluding hydrogens is 572 g/mol. The molecule has 0 saturated carbocycles. The molecule has 0 saturated heterocycles. The number of pyridine rings is 2. The molecule has 2 heterocycles. The van der Waals surface area contributed by atoms with Gasteiger partial charge < -0.3 is 0 Å². The quantitative estimate of drug-likeness (QED) is 0.188. The van der Waals surface area contributed by atoms with E-state index in [1.165, 1.54) is 11.1 Å². The standard InChI is InChI=1S/C32H30Br2N2/c1-31(2,3)21-11-7-19(8-12-21)25-17-35-29-23(27(25)33)15-16-24-28(34)26(18-36-30(24)29)20-9-13-22(14-10-20)32(4,5)6/h7-18H,1-6H3. The van der Waals surface area contributed by atoms with Crippen molar-refractivity contribution in [1.82, 2.24) is 9.97 Å². The summed E-state index contributed by atoms with van der Waals surface area (Å²) in [5.41, 5.74) is 9.13. The smallest absolute Gasteiger partial charge is 0.0976 e. The van der Waals surface area contributed by atoms with Crippen LogP contribution in [0.3, 0.4) is 0 Å². The van der Waals surface area contributed by atoms with E-state index < -0.39 is 0 Å². The lowest BCUT2D eigenvalue weighted by Gasteiger charge is -2.19. The van der Waals surface area contributed by atoms with Crippen molar-refractivity contribution in [2.75, 3.05) is 0 Å². The van der Waals surface area contributed by atoms with Gasteiger partial charge in [0.2, 0.25) is 0 Å². The van der Waals surface area contributed by atoms with Gasteiger partial charge in [-0.05, 0) is 64.9 Å². The average molecular weight is 602 g/mol. The minimum Gasteiger partial charge on any atom is -0.253 e. The molecule has 0 radical (unpaired) electrons. The molecule has 182 valence electrons. The van der Waals surface area contributed by atoms with E-state index in [0.717, 1.165) is 53.0 Å². The van der Waals surface area contributed by atoms with Crippen LogP contribution >= 0.6 is 31.9 Å². The molecule has 5 rings (SSSR count). The van der Waals surface area contributed by atoms with Crippen LogP contribution in [-0.4, -0.2) is 9.97 Å². The summed E-state index contributed by atoms with van der Waals surface area (Å²) >= 11 is 7.75. The fourth-order valence-corrected chi connectivity index (χ4v) is 5.86. The van der Waals surface area contributed by atoms with Crippen LogP contribution in [0.5, 0.6) is 0 Å². The Bertz CT molecular complexity index is 1470. The second kappa shape index (κ2) is 9.08. The van der Waals surface area contributed by atoms with Crippen molar-refractivity contribution in [2.24, 2.45) is 0 Å². The van der Waals surface area contributed by atoms with E-state index >= 15 is 0 Å². The molecule has 0 spiro atoms. The van der Waals surface area contributed by atoms with Gasteiger partial charge in [0.05, 0.1) is 11.0 Å². The van der Waals surface area contributed by atoms with Gasteiger partial charge in [-0.2, -0.15) is 0 Å². The average Bonchev–Trinajstić information content (AvgIpc) is 2.83. The lowest BCUT2D eigenvalue weighted by atomic mass is 9.86. The molecule has 0 amide bonds. The molecule has 2 aromatic heterocycles. The van der Waals surface area contributed by atoms with E-state index in [-0.39, 0.29) is 10.8 Å². The van der Waals surface area contributed by atoms with Gasteiger partial charge >= 0.3 is 0 Å². The van der Waals surface area contributed by atoms with Crippen LogP contribution < -0.4 is 0 Å². The SMILES string of the molecule is CC(C)(C)c1ccc(-c2cnc3c(ccc4c(Br)c(-c5ccc(C(C)(C)C)cc5)cnc43)c2Br)cc1. The van der Waals surface area contributed by atoms with Crippen LogP contribution in [-0.2, 0) is 10.8 Å². The van der Waals surface area contributed by atoms with E-state index in [1.807, 2.05) is 12.4 Å². The van der Waals surface area contributed by atoms with Crippen LogP contribution in [0.2, 0.25) is 0 Å². The van der Waals surface area contributed by atoms with Gasteiger partial charge in [-0.3, -0.25) is 9.97 Å². The van der Waals surface area contributed by atoms with Gasteiger partial charge in [0.15, 0.2) is 0 Å². The minimum absolute atomic E-state index is 0.128. The molecule has 36 heavy (non-hydrogen) atoms. The fraction of sp³-hybridized carbons (Fsp3) is 0.250. The third kappa shape index (κ3) is 4.50. The number of rotatable bonds is 2. The highest BCUT2D eigenvalue weighted by atomic mass is 79.9. The third-order valence-corrected chi connectivity index (χ3v) is 8.58. The Labute approximate surface area is 230 Å². The number of halogens is 2. The molecular formula is C32H30Br2N2. The highest BCUT2D eigenvalue weighted by Crippen LogP contribution is 2.40. The Balaban J connectivity index is 1.59. The molecule has 4 heteroatoms. The molecule has 3 aromatic carbocycles. The van der Waals surface area contributed by atoms with Crippen molar-refractivity contribution in [3.8, 4) is 22.3 Å². The Kier molecular flexibility index (Phi) is 6.33. The molecule has 0 bridgehead atoms. The lowest BCUT2D eigenvalue weighted by Crippen LogP contribution is -2.10. The Hall–Kier alpha value is -2.56. The first-order valence-electron chi connectivity index (χ1n) is 12.2. The van der Waals surface area contributed by atoms with E-state index in [0.29, 0.717) is 0 Å². The summed E-state index contributed by atoms with van der Waals surface area (Å²) in [6.07, 6.45) is 3.90. The normalized spacial score (nSPS) is 12.4. The van der Waals surface area contributed by atoms with Crippen molar-refractivity contribution in [2.45, 2.75) is 52.4 Å². The zero-order valence-electron chi connectivity index (χ0n) is 21.6. The van der Waals surface area contributed by atoms with Crippen molar-refractivity contribution < 1.29 is 0 Å². The predicted molar refractivity (Wildman–Crippen MR) is 161 cm³/mol. The van der Waals surface area contributed by atoms with E-state index in [1.54, 1.807) is 0 Å². The summed E-state index contributed by atoms with van der Waals surface area (Å²) in [6, 6.07) is 21.8. The Morgan fingerprint density at radius 1 is 0.500 bits per heavy atom. The molecule has 0 aliphatic rings.